The minimum atomic E-state index is -1.10. The van der Waals surface area contributed by atoms with E-state index in [1.54, 1.807) is 17.7 Å². The van der Waals surface area contributed by atoms with Gasteiger partial charge in [-0.15, -0.1) is 0 Å². The van der Waals surface area contributed by atoms with Crippen molar-refractivity contribution < 1.29 is 23.8 Å². The smallest absolute Gasteiger partial charge is 0.410 e. The normalized spacial score (nSPS) is 13.9. The topological polar surface area (TPSA) is 84.7 Å². The molecule has 0 saturated heterocycles. The van der Waals surface area contributed by atoms with E-state index in [4.69, 9.17) is 9.84 Å². The van der Waals surface area contributed by atoms with E-state index in [1.807, 2.05) is 0 Å². The van der Waals surface area contributed by atoms with Crippen LogP contribution in [0.2, 0.25) is 0 Å². The van der Waals surface area contributed by atoms with Crippen molar-refractivity contribution in [2.24, 2.45) is 0 Å². The largest absolute Gasteiger partial charge is 0.476 e. The van der Waals surface area contributed by atoms with Gasteiger partial charge in [-0.1, -0.05) is 6.07 Å². The Balaban J connectivity index is 1.66. The van der Waals surface area contributed by atoms with E-state index < -0.39 is 12.1 Å². The molecule has 3 rings (SSSR count). The molecule has 1 aliphatic rings. The number of aryl methyl sites for hydroxylation is 2. The predicted molar refractivity (Wildman–Crippen MR) is 85.5 cm³/mol. The van der Waals surface area contributed by atoms with Gasteiger partial charge in [-0.25, -0.2) is 14.0 Å². The van der Waals surface area contributed by atoms with Crippen molar-refractivity contribution in [3.63, 3.8) is 0 Å². The summed E-state index contributed by atoms with van der Waals surface area (Å²) in [6.45, 7) is 2.99. The van der Waals surface area contributed by atoms with Gasteiger partial charge in [-0.05, 0) is 42.7 Å². The highest BCUT2D eigenvalue weighted by Crippen LogP contribution is 2.16. The number of carbonyl (C=O) groups is 2. The number of amides is 1. The SMILES string of the molecule is Cc1cc(F)cc(COC(=O)N2CCCn3nc(C(=O)O)cc3C2)c1. The van der Waals surface area contributed by atoms with E-state index in [0.29, 0.717) is 30.8 Å². The summed E-state index contributed by atoms with van der Waals surface area (Å²) in [5.74, 6) is -1.47. The van der Waals surface area contributed by atoms with Crippen LogP contribution in [0.15, 0.2) is 24.3 Å². The van der Waals surface area contributed by atoms with Crippen molar-refractivity contribution in [3.8, 4) is 0 Å². The first kappa shape index (κ1) is 16.9. The molecule has 0 fully saturated rings. The van der Waals surface area contributed by atoms with Crippen LogP contribution in [-0.4, -0.2) is 38.4 Å². The highest BCUT2D eigenvalue weighted by Gasteiger charge is 2.23. The van der Waals surface area contributed by atoms with E-state index in [-0.39, 0.29) is 24.7 Å². The zero-order valence-electron chi connectivity index (χ0n) is 13.7. The number of nitrogens with zero attached hydrogens (tertiary/aromatic N) is 3. The van der Waals surface area contributed by atoms with Gasteiger partial charge < -0.3 is 14.7 Å². The fraction of sp³-hybridized carbons (Fsp3) is 0.353. The number of aromatic carboxylic acids is 1. The van der Waals surface area contributed by atoms with Crippen LogP contribution in [0.3, 0.4) is 0 Å². The van der Waals surface area contributed by atoms with Gasteiger partial charge >= 0.3 is 12.1 Å². The number of hydrogen-bond acceptors (Lipinski definition) is 4. The molecular weight excluding hydrogens is 329 g/mol. The molecule has 0 bridgehead atoms. The lowest BCUT2D eigenvalue weighted by Crippen LogP contribution is -2.31. The summed E-state index contributed by atoms with van der Waals surface area (Å²) >= 11 is 0. The minimum absolute atomic E-state index is 0.0203. The molecular formula is C17H18FN3O4. The van der Waals surface area contributed by atoms with E-state index in [0.717, 1.165) is 5.56 Å². The molecule has 1 aromatic carbocycles. The first-order chi connectivity index (χ1) is 11.9. The number of benzene rings is 1. The van der Waals surface area contributed by atoms with Crippen LogP contribution in [0, 0.1) is 12.7 Å². The van der Waals surface area contributed by atoms with Crippen molar-refractivity contribution in [2.75, 3.05) is 6.54 Å². The Bertz CT molecular complexity index is 798. The highest BCUT2D eigenvalue weighted by atomic mass is 19.1. The zero-order valence-corrected chi connectivity index (χ0v) is 13.7. The van der Waals surface area contributed by atoms with Crippen LogP contribution < -0.4 is 0 Å². The lowest BCUT2D eigenvalue weighted by atomic mass is 10.1. The lowest BCUT2D eigenvalue weighted by molar-refractivity contribution is 0.0689. The summed E-state index contributed by atoms with van der Waals surface area (Å²) in [6, 6.07) is 5.95. The molecule has 7 nitrogen and oxygen atoms in total. The monoisotopic (exact) mass is 347 g/mol. The van der Waals surface area contributed by atoms with Crippen LogP contribution in [0.1, 0.15) is 33.7 Å². The summed E-state index contributed by atoms with van der Waals surface area (Å²) in [7, 11) is 0. The number of halogens is 1. The molecule has 1 amide bonds. The Morgan fingerprint density at radius 1 is 1.28 bits per heavy atom. The van der Waals surface area contributed by atoms with Crippen molar-refractivity contribution in [1.29, 1.82) is 0 Å². The summed E-state index contributed by atoms with van der Waals surface area (Å²) in [4.78, 5) is 24.8. The molecule has 1 aliphatic heterocycles. The van der Waals surface area contributed by atoms with Crippen LogP contribution in [0.4, 0.5) is 9.18 Å². The van der Waals surface area contributed by atoms with Gasteiger partial charge in [0, 0.05) is 13.1 Å². The number of carboxylic acid groups (broad SMARTS) is 1. The molecule has 0 unspecified atom stereocenters. The van der Waals surface area contributed by atoms with Gasteiger partial charge in [0.2, 0.25) is 0 Å². The van der Waals surface area contributed by atoms with Gasteiger partial charge in [0.1, 0.15) is 12.4 Å². The van der Waals surface area contributed by atoms with E-state index in [1.165, 1.54) is 23.1 Å². The second kappa shape index (κ2) is 6.92. The van der Waals surface area contributed by atoms with E-state index in [9.17, 15) is 14.0 Å². The maximum atomic E-state index is 13.4. The van der Waals surface area contributed by atoms with Gasteiger partial charge in [-0.3, -0.25) is 4.68 Å². The molecule has 0 saturated carbocycles. The molecule has 2 heterocycles. The van der Waals surface area contributed by atoms with Crippen molar-refractivity contribution in [1.82, 2.24) is 14.7 Å². The molecule has 2 aromatic rings. The molecule has 0 aliphatic carbocycles. The van der Waals surface area contributed by atoms with Crippen molar-refractivity contribution in [2.45, 2.75) is 33.0 Å². The third-order valence-corrected chi connectivity index (χ3v) is 3.96. The maximum Gasteiger partial charge on any atom is 0.410 e. The minimum Gasteiger partial charge on any atom is -0.476 e. The average molecular weight is 347 g/mol. The second-order valence-corrected chi connectivity index (χ2v) is 6.02. The Hall–Kier alpha value is -2.90. The zero-order chi connectivity index (χ0) is 18.0. The highest BCUT2D eigenvalue weighted by molar-refractivity contribution is 5.85. The summed E-state index contributed by atoms with van der Waals surface area (Å²) in [5, 5.41) is 13.0. The average Bonchev–Trinajstić information content (AvgIpc) is 2.84. The van der Waals surface area contributed by atoms with Crippen molar-refractivity contribution >= 4 is 12.1 Å². The number of ether oxygens (including phenoxy) is 1. The molecule has 8 heteroatoms. The Morgan fingerprint density at radius 2 is 2.08 bits per heavy atom. The lowest BCUT2D eigenvalue weighted by Gasteiger charge is -2.19. The van der Waals surface area contributed by atoms with E-state index in [2.05, 4.69) is 5.10 Å². The summed E-state index contributed by atoms with van der Waals surface area (Å²) in [6.07, 6.45) is 0.121. The third-order valence-electron chi connectivity index (χ3n) is 3.96. The number of rotatable bonds is 3. The quantitative estimate of drug-likeness (QED) is 0.922. The Morgan fingerprint density at radius 3 is 2.80 bits per heavy atom. The maximum absolute atomic E-state index is 13.4. The van der Waals surface area contributed by atoms with Gasteiger partial charge in [0.25, 0.3) is 0 Å². The summed E-state index contributed by atoms with van der Waals surface area (Å²) in [5.41, 5.74) is 1.94. The number of carboxylic acids is 1. The van der Waals surface area contributed by atoms with Crippen LogP contribution in [-0.2, 0) is 24.4 Å². The second-order valence-electron chi connectivity index (χ2n) is 6.02. The number of fused-ring (bicyclic) bond motifs is 1. The van der Waals surface area contributed by atoms with Crippen LogP contribution in [0.5, 0.6) is 0 Å². The standard InChI is InChI=1S/C17H18FN3O4/c1-11-5-12(7-13(18)6-11)10-25-17(24)20-3-2-4-21-14(9-20)8-15(19-21)16(22)23/h5-8H,2-4,9-10H2,1H3,(H,22,23). The Labute approximate surface area is 143 Å². The number of carbonyl (C=O) groups excluding carboxylic acids is 1. The van der Waals surface area contributed by atoms with Crippen LogP contribution in [0.25, 0.3) is 0 Å². The van der Waals surface area contributed by atoms with Gasteiger partial charge in [-0.2, -0.15) is 5.10 Å². The fourth-order valence-electron chi connectivity index (χ4n) is 2.85. The summed E-state index contributed by atoms with van der Waals surface area (Å²) < 4.78 is 20.3. The Kier molecular flexibility index (Phi) is 4.69. The molecule has 1 aromatic heterocycles. The molecule has 0 atom stereocenters. The third kappa shape index (κ3) is 3.96. The van der Waals surface area contributed by atoms with Gasteiger partial charge in [0.15, 0.2) is 5.69 Å². The molecule has 132 valence electrons. The van der Waals surface area contributed by atoms with Gasteiger partial charge in [0.05, 0.1) is 12.2 Å². The van der Waals surface area contributed by atoms with Crippen LogP contribution >= 0.6 is 0 Å². The van der Waals surface area contributed by atoms with Crippen molar-refractivity contribution in [3.05, 3.63) is 52.6 Å². The fourth-order valence-corrected chi connectivity index (χ4v) is 2.85. The molecule has 25 heavy (non-hydrogen) atoms. The molecule has 1 N–H and O–H groups in total. The molecule has 0 spiro atoms. The number of hydrogen-bond donors (Lipinski definition) is 1. The molecule has 0 radical (unpaired) electrons. The first-order valence-corrected chi connectivity index (χ1v) is 7.90. The first-order valence-electron chi connectivity index (χ1n) is 7.90. The van der Waals surface area contributed by atoms with E-state index >= 15 is 0 Å². The predicted octanol–water partition coefficient (Wildman–Crippen LogP) is 2.57. The number of aromatic nitrogens is 2.